The summed E-state index contributed by atoms with van der Waals surface area (Å²) in [4.78, 5) is 17.0. The van der Waals surface area contributed by atoms with Crippen LogP contribution in [0.25, 0.3) is 0 Å². The Balaban J connectivity index is 1.79. The summed E-state index contributed by atoms with van der Waals surface area (Å²) in [5.74, 6) is 1.61. The first-order chi connectivity index (χ1) is 9.16. The van der Waals surface area contributed by atoms with Crippen molar-refractivity contribution in [3.63, 3.8) is 0 Å². The number of aryl methyl sites for hydroxylation is 2. The molecule has 100 valence electrons. The summed E-state index contributed by atoms with van der Waals surface area (Å²) in [6.45, 7) is 0. The fraction of sp³-hybridized carbons (Fsp3) is 0.286. The second-order valence-electron chi connectivity index (χ2n) is 4.21. The molecule has 1 aromatic heterocycles. The third-order valence-electron chi connectivity index (χ3n) is 2.77. The summed E-state index contributed by atoms with van der Waals surface area (Å²) < 4.78 is 1.94. The van der Waals surface area contributed by atoms with Crippen molar-refractivity contribution < 1.29 is 4.79 Å². The van der Waals surface area contributed by atoms with Crippen LogP contribution in [0.3, 0.4) is 0 Å². The van der Waals surface area contributed by atoms with Crippen molar-refractivity contribution >= 4 is 29.1 Å². The number of carbonyl (C=O) groups is 1. The number of benzene rings is 1. The van der Waals surface area contributed by atoms with Crippen molar-refractivity contribution in [3.05, 3.63) is 47.5 Å². The quantitative estimate of drug-likeness (QED) is 0.766. The Morgan fingerprint density at radius 2 is 2.21 bits per heavy atom. The van der Waals surface area contributed by atoms with Crippen LogP contribution >= 0.6 is 23.4 Å². The van der Waals surface area contributed by atoms with Gasteiger partial charge < -0.3 is 4.57 Å². The zero-order chi connectivity index (χ0) is 13.7. The molecule has 0 saturated heterocycles. The number of ketones is 1. The number of aromatic nitrogens is 2. The average molecular weight is 295 g/mol. The molecule has 5 heteroatoms. The molecule has 0 fully saturated rings. The van der Waals surface area contributed by atoms with Crippen molar-refractivity contribution in [2.45, 2.75) is 17.7 Å². The Morgan fingerprint density at radius 1 is 1.42 bits per heavy atom. The van der Waals surface area contributed by atoms with E-state index in [0.717, 1.165) is 10.7 Å². The number of halogens is 1. The predicted octanol–water partition coefficient (Wildman–Crippen LogP) is 3.37. The van der Waals surface area contributed by atoms with Gasteiger partial charge in [0.1, 0.15) is 11.6 Å². The molecular formula is C14H15ClN2OS. The highest BCUT2D eigenvalue weighted by atomic mass is 35.5. The van der Waals surface area contributed by atoms with E-state index in [1.807, 2.05) is 42.1 Å². The van der Waals surface area contributed by atoms with Crippen molar-refractivity contribution in [1.29, 1.82) is 0 Å². The van der Waals surface area contributed by atoms with Gasteiger partial charge in [0.15, 0.2) is 0 Å². The molecule has 0 spiro atoms. The molecule has 0 aliphatic heterocycles. The number of Topliss-reactive ketones (excluding diaryl/α,β-unsaturated/α-hetero) is 1. The summed E-state index contributed by atoms with van der Waals surface area (Å²) in [5, 5.41) is 0.699. The van der Waals surface area contributed by atoms with Crippen molar-refractivity contribution in [2.24, 2.45) is 7.05 Å². The molecule has 0 N–H and O–H groups in total. The van der Waals surface area contributed by atoms with E-state index in [1.54, 1.807) is 6.20 Å². The SMILES string of the molecule is Cn1ccnc1CCC(=O)CSc1ccccc1Cl. The fourth-order valence-electron chi connectivity index (χ4n) is 1.68. The Labute approximate surface area is 122 Å². The smallest absolute Gasteiger partial charge is 0.143 e. The maximum absolute atomic E-state index is 11.8. The largest absolute Gasteiger partial charge is 0.338 e. The zero-order valence-corrected chi connectivity index (χ0v) is 12.2. The minimum absolute atomic E-state index is 0.216. The van der Waals surface area contributed by atoms with Gasteiger partial charge in [-0.05, 0) is 12.1 Å². The van der Waals surface area contributed by atoms with Gasteiger partial charge in [0.2, 0.25) is 0 Å². The summed E-state index contributed by atoms with van der Waals surface area (Å²) >= 11 is 7.53. The maximum atomic E-state index is 11.8. The number of thioether (sulfide) groups is 1. The Morgan fingerprint density at radius 3 is 2.89 bits per heavy atom. The van der Waals surface area contributed by atoms with Gasteiger partial charge in [-0.15, -0.1) is 11.8 Å². The van der Waals surface area contributed by atoms with E-state index in [2.05, 4.69) is 4.98 Å². The molecule has 1 heterocycles. The Kier molecular flexibility index (Phi) is 5.05. The van der Waals surface area contributed by atoms with Crippen LogP contribution in [0, 0.1) is 0 Å². The first-order valence-electron chi connectivity index (χ1n) is 6.02. The summed E-state index contributed by atoms with van der Waals surface area (Å²) in [6.07, 6.45) is 4.84. The van der Waals surface area contributed by atoms with Crippen molar-refractivity contribution in [3.8, 4) is 0 Å². The lowest BCUT2D eigenvalue weighted by Gasteiger charge is -2.04. The molecule has 0 bridgehead atoms. The molecule has 3 nitrogen and oxygen atoms in total. The topological polar surface area (TPSA) is 34.9 Å². The van der Waals surface area contributed by atoms with Crippen LogP contribution < -0.4 is 0 Å². The fourth-order valence-corrected chi connectivity index (χ4v) is 2.82. The second-order valence-corrected chi connectivity index (χ2v) is 5.64. The van der Waals surface area contributed by atoms with Gasteiger partial charge in [0, 0.05) is 37.2 Å². The lowest BCUT2D eigenvalue weighted by atomic mass is 10.2. The van der Waals surface area contributed by atoms with Gasteiger partial charge in [-0.3, -0.25) is 4.79 Å². The van der Waals surface area contributed by atoms with E-state index in [1.165, 1.54) is 11.8 Å². The predicted molar refractivity (Wildman–Crippen MR) is 78.7 cm³/mol. The summed E-state index contributed by atoms with van der Waals surface area (Å²) in [6, 6.07) is 7.57. The van der Waals surface area contributed by atoms with Crippen LogP contribution in [0.1, 0.15) is 12.2 Å². The van der Waals surface area contributed by atoms with Crippen LogP contribution in [0.5, 0.6) is 0 Å². The van der Waals surface area contributed by atoms with Gasteiger partial charge in [-0.25, -0.2) is 4.98 Å². The molecule has 0 aliphatic rings. The Hall–Kier alpha value is -1.26. The monoisotopic (exact) mass is 294 g/mol. The van der Waals surface area contributed by atoms with Crippen molar-refractivity contribution in [1.82, 2.24) is 9.55 Å². The highest BCUT2D eigenvalue weighted by Gasteiger charge is 2.07. The second kappa shape index (κ2) is 6.78. The van der Waals surface area contributed by atoms with Gasteiger partial charge in [0.05, 0.1) is 10.8 Å². The lowest BCUT2D eigenvalue weighted by molar-refractivity contribution is -0.116. The molecule has 0 atom stereocenters. The number of nitrogens with zero attached hydrogens (tertiary/aromatic N) is 2. The van der Waals surface area contributed by atoms with Gasteiger partial charge in [0.25, 0.3) is 0 Å². The van der Waals surface area contributed by atoms with Crippen LogP contribution in [-0.4, -0.2) is 21.1 Å². The van der Waals surface area contributed by atoms with Crippen LogP contribution in [-0.2, 0) is 18.3 Å². The minimum Gasteiger partial charge on any atom is -0.338 e. The number of hydrogen-bond donors (Lipinski definition) is 0. The van der Waals surface area contributed by atoms with Crippen LogP contribution in [0.2, 0.25) is 5.02 Å². The summed E-state index contributed by atoms with van der Waals surface area (Å²) in [7, 11) is 1.94. The number of carbonyl (C=O) groups excluding carboxylic acids is 1. The van der Waals surface area contributed by atoms with Crippen molar-refractivity contribution in [2.75, 3.05) is 5.75 Å². The number of rotatable bonds is 6. The highest BCUT2D eigenvalue weighted by molar-refractivity contribution is 8.00. The molecule has 0 radical (unpaired) electrons. The normalized spacial score (nSPS) is 10.6. The molecule has 0 amide bonds. The molecule has 0 saturated carbocycles. The Bertz CT molecular complexity index is 568. The first kappa shape index (κ1) is 14.2. The maximum Gasteiger partial charge on any atom is 0.143 e. The molecular weight excluding hydrogens is 280 g/mol. The van der Waals surface area contributed by atoms with Gasteiger partial charge in [-0.1, -0.05) is 23.7 Å². The summed E-state index contributed by atoms with van der Waals surface area (Å²) in [5.41, 5.74) is 0. The van der Waals surface area contributed by atoms with E-state index in [9.17, 15) is 4.79 Å². The number of hydrogen-bond acceptors (Lipinski definition) is 3. The van der Waals surface area contributed by atoms with E-state index < -0.39 is 0 Å². The third-order valence-corrected chi connectivity index (χ3v) is 4.35. The average Bonchev–Trinajstić information content (AvgIpc) is 2.81. The highest BCUT2D eigenvalue weighted by Crippen LogP contribution is 2.26. The standard InChI is InChI=1S/C14H15ClN2OS/c1-17-9-8-16-14(17)7-6-11(18)10-19-13-5-3-2-4-12(13)15/h2-5,8-9H,6-7,10H2,1H3. The molecule has 2 aromatic rings. The van der Waals surface area contributed by atoms with E-state index in [-0.39, 0.29) is 5.78 Å². The van der Waals surface area contributed by atoms with E-state index in [4.69, 9.17) is 11.6 Å². The number of imidazole rings is 1. The molecule has 2 rings (SSSR count). The first-order valence-corrected chi connectivity index (χ1v) is 7.38. The van der Waals surface area contributed by atoms with Crippen LogP contribution in [0.15, 0.2) is 41.6 Å². The van der Waals surface area contributed by atoms with Gasteiger partial charge in [-0.2, -0.15) is 0 Å². The molecule has 1 aromatic carbocycles. The molecule has 0 unspecified atom stereocenters. The molecule has 19 heavy (non-hydrogen) atoms. The zero-order valence-electron chi connectivity index (χ0n) is 10.7. The van der Waals surface area contributed by atoms with E-state index >= 15 is 0 Å². The van der Waals surface area contributed by atoms with E-state index in [0.29, 0.717) is 23.6 Å². The molecule has 0 aliphatic carbocycles. The lowest BCUT2D eigenvalue weighted by Crippen LogP contribution is -2.06. The minimum atomic E-state index is 0.216. The van der Waals surface area contributed by atoms with Gasteiger partial charge >= 0.3 is 0 Å². The third kappa shape index (κ3) is 4.11. The van der Waals surface area contributed by atoms with Crippen LogP contribution in [0.4, 0.5) is 0 Å².